The van der Waals surface area contributed by atoms with Gasteiger partial charge in [0.2, 0.25) is 0 Å². The fourth-order valence-electron chi connectivity index (χ4n) is 1.93. The fourth-order valence-corrected chi connectivity index (χ4v) is 3.16. The van der Waals surface area contributed by atoms with E-state index in [0.717, 1.165) is 38.2 Å². The first-order valence-electron chi connectivity index (χ1n) is 5.99. The number of aryl methyl sites for hydroxylation is 1. The highest BCUT2D eigenvalue weighted by Gasteiger charge is 2.09. The Hall–Kier alpha value is -1.19. The Bertz CT molecular complexity index is 586. The van der Waals surface area contributed by atoms with Crippen molar-refractivity contribution in [1.82, 2.24) is 4.98 Å². The highest BCUT2D eigenvalue weighted by molar-refractivity contribution is 7.98. The van der Waals surface area contributed by atoms with Gasteiger partial charge in [0.05, 0.1) is 12.8 Å². The molecule has 0 aliphatic rings. The van der Waals surface area contributed by atoms with Crippen LogP contribution in [0, 0.1) is 13.8 Å². The smallest absolute Gasteiger partial charge is 0.128 e. The van der Waals surface area contributed by atoms with Gasteiger partial charge in [-0.2, -0.15) is 0 Å². The zero-order valence-corrected chi connectivity index (χ0v) is 12.8. The lowest BCUT2D eigenvalue weighted by atomic mass is 10.1. The van der Waals surface area contributed by atoms with E-state index in [1.165, 1.54) is 0 Å². The van der Waals surface area contributed by atoms with Crippen LogP contribution in [-0.2, 0) is 5.75 Å². The van der Waals surface area contributed by atoms with E-state index in [4.69, 9.17) is 16.3 Å². The molecular weight excluding hydrogens is 278 g/mol. The van der Waals surface area contributed by atoms with Crippen molar-refractivity contribution in [1.29, 1.82) is 0 Å². The van der Waals surface area contributed by atoms with E-state index >= 15 is 0 Å². The molecule has 0 saturated heterocycles. The van der Waals surface area contributed by atoms with Crippen LogP contribution in [0.2, 0.25) is 5.02 Å². The number of hydrogen-bond donors (Lipinski definition) is 0. The molecule has 4 heteroatoms. The molecule has 0 radical (unpaired) electrons. The highest BCUT2D eigenvalue weighted by Crippen LogP contribution is 2.29. The van der Waals surface area contributed by atoms with E-state index in [0.29, 0.717) is 0 Å². The van der Waals surface area contributed by atoms with Crippen LogP contribution in [0.3, 0.4) is 0 Å². The van der Waals surface area contributed by atoms with Crippen LogP contribution < -0.4 is 4.74 Å². The van der Waals surface area contributed by atoms with E-state index in [1.807, 2.05) is 38.2 Å². The average Bonchev–Trinajstić information content (AvgIpc) is 2.38. The predicted octanol–water partition coefficient (Wildman–Crippen LogP) is 4.65. The molecule has 0 bridgehead atoms. The van der Waals surface area contributed by atoms with Gasteiger partial charge in [0, 0.05) is 33.0 Å². The maximum atomic E-state index is 5.98. The summed E-state index contributed by atoms with van der Waals surface area (Å²) in [6, 6.07) is 7.86. The summed E-state index contributed by atoms with van der Waals surface area (Å²) in [7, 11) is 1.70. The number of aromatic nitrogens is 1. The molecule has 19 heavy (non-hydrogen) atoms. The number of halogens is 1. The molecular formula is C15H16ClNOS. The molecule has 0 fully saturated rings. The minimum absolute atomic E-state index is 0.760. The van der Waals surface area contributed by atoms with Crippen LogP contribution in [0.25, 0.3) is 0 Å². The predicted molar refractivity (Wildman–Crippen MR) is 81.3 cm³/mol. The highest BCUT2D eigenvalue weighted by atomic mass is 35.5. The number of pyridine rings is 1. The third kappa shape index (κ3) is 3.43. The third-order valence-corrected chi connectivity index (χ3v) is 4.16. The average molecular weight is 294 g/mol. The van der Waals surface area contributed by atoms with Gasteiger partial charge in [0.15, 0.2) is 0 Å². The Kier molecular flexibility index (Phi) is 4.72. The van der Waals surface area contributed by atoms with Crippen LogP contribution in [0.1, 0.15) is 16.8 Å². The molecule has 2 aromatic rings. The number of benzene rings is 1. The lowest BCUT2D eigenvalue weighted by molar-refractivity contribution is 0.407. The van der Waals surface area contributed by atoms with Gasteiger partial charge < -0.3 is 4.74 Å². The SMILES string of the molecule is COc1c(C)cnc(CSc2cccc(Cl)c2)c1C. The van der Waals surface area contributed by atoms with Crippen LogP contribution >= 0.6 is 23.4 Å². The van der Waals surface area contributed by atoms with Gasteiger partial charge in [-0.1, -0.05) is 17.7 Å². The van der Waals surface area contributed by atoms with Gasteiger partial charge in [0.25, 0.3) is 0 Å². The fraction of sp³-hybridized carbons (Fsp3) is 0.267. The molecule has 100 valence electrons. The topological polar surface area (TPSA) is 22.1 Å². The van der Waals surface area contributed by atoms with Crippen molar-refractivity contribution in [2.45, 2.75) is 24.5 Å². The van der Waals surface area contributed by atoms with Crippen molar-refractivity contribution in [2.24, 2.45) is 0 Å². The Morgan fingerprint density at radius 1 is 1.32 bits per heavy atom. The number of hydrogen-bond acceptors (Lipinski definition) is 3. The van der Waals surface area contributed by atoms with Crippen LogP contribution in [0.5, 0.6) is 5.75 Å². The van der Waals surface area contributed by atoms with Crippen molar-refractivity contribution >= 4 is 23.4 Å². The van der Waals surface area contributed by atoms with E-state index in [-0.39, 0.29) is 0 Å². The summed E-state index contributed by atoms with van der Waals surface area (Å²) in [5.74, 6) is 1.74. The molecule has 1 aromatic carbocycles. The molecule has 0 atom stereocenters. The molecule has 0 aliphatic carbocycles. The molecule has 0 aliphatic heterocycles. The minimum Gasteiger partial charge on any atom is -0.496 e. The van der Waals surface area contributed by atoms with E-state index < -0.39 is 0 Å². The second kappa shape index (κ2) is 6.31. The zero-order chi connectivity index (χ0) is 13.8. The maximum Gasteiger partial charge on any atom is 0.128 e. The Morgan fingerprint density at radius 3 is 2.79 bits per heavy atom. The summed E-state index contributed by atoms with van der Waals surface area (Å²) >= 11 is 7.70. The lowest BCUT2D eigenvalue weighted by Gasteiger charge is -2.12. The summed E-state index contributed by atoms with van der Waals surface area (Å²) in [5, 5.41) is 0.760. The Balaban J connectivity index is 2.16. The van der Waals surface area contributed by atoms with Gasteiger partial charge in [0.1, 0.15) is 5.75 Å². The first kappa shape index (κ1) is 14.2. The first-order chi connectivity index (χ1) is 9.11. The normalized spacial score (nSPS) is 10.5. The standard InChI is InChI=1S/C15H16ClNOS/c1-10-8-17-14(11(2)15(10)18-3)9-19-13-6-4-5-12(16)7-13/h4-8H,9H2,1-3H3. The number of nitrogens with zero attached hydrogens (tertiary/aromatic N) is 1. The van der Waals surface area contributed by atoms with Crippen molar-refractivity contribution in [3.05, 3.63) is 52.3 Å². The van der Waals surface area contributed by atoms with E-state index in [1.54, 1.807) is 18.9 Å². The second-order valence-electron chi connectivity index (χ2n) is 4.29. The largest absolute Gasteiger partial charge is 0.496 e. The summed E-state index contributed by atoms with van der Waals surface area (Å²) < 4.78 is 5.42. The van der Waals surface area contributed by atoms with Crippen molar-refractivity contribution < 1.29 is 4.74 Å². The lowest BCUT2D eigenvalue weighted by Crippen LogP contribution is -1.98. The van der Waals surface area contributed by atoms with Crippen molar-refractivity contribution in [3.8, 4) is 5.75 Å². The molecule has 0 amide bonds. The first-order valence-corrected chi connectivity index (χ1v) is 7.35. The summed E-state index contributed by atoms with van der Waals surface area (Å²) in [5.41, 5.74) is 3.22. The minimum atomic E-state index is 0.760. The quantitative estimate of drug-likeness (QED) is 0.766. The van der Waals surface area contributed by atoms with Gasteiger partial charge >= 0.3 is 0 Å². The second-order valence-corrected chi connectivity index (χ2v) is 5.78. The molecule has 2 nitrogen and oxygen atoms in total. The molecule has 0 unspecified atom stereocenters. The number of ether oxygens (including phenoxy) is 1. The van der Waals surface area contributed by atoms with Gasteiger partial charge in [-0.25, -0.2) is 0 Å². The Labute approximate surface area is 123 Å². The molecule has 0 spiro atoms. The van der Waals surface area contributed by atoms with Gasteiger partial charge in [-0.15, -0.1) is 11.8 Å². The number of methoxy groups -OCH3 is 1. The summed E-state index contributed by atoms with van der Waals surface area (Å²) in [4.78, 5) is 5.64. The summed E-state index contributed by atoms with van der Waals surface area (Å²) in [6.45, 7) is 4.05. The maximum absolute atomic E-state index is 5.98. The Morgan fingerprint density at radius 2 is 2.11 bits per heavy atom. The third-order valence-electron chi connectivity index (χ3n) is 2.92. The molecule has 2 rings (SSSR count). The molecule has 0 N–H and O–H groups in total. The number of thioether (sulfide) groups is 1. The monoisotopic (exact) mass is 293 g/mol. The van der Waals surface area contributed by atoms with E-state index in [9.17, 15) is 0 Å². The van der Waals surface area contributed by atoms with Crippen LogP contribution in [-0.4, -0.2) is 12.1 Å². The van der Waals surface area contributed by atoms with Crippen LogP contribution in [0.15, 0.2) is 35.4 Å². The van der Waals surface area contributed by atoms with Gasteiger partial charge in [-0.05, 0) is 32.0 Å². The van der Waals surface area contributed by atoms with Gasteiger partial charge in [-0.3, -0.25) is 4.98 Å². The van der Waals surface area contributed by atoms with Crippen LogP contribution in [0.4, 0.5) is 0 Å². The molecule has 1 aromatic heterocycles. The molecule has 1 heterocycles. The zero-order valence-electron chi connectivity index (χ0n) is 11.2. The molecule has 0 saturated carbocycles. The van der Waals surface area contributed by atoms with Crippen molar-refractivity contribution in [2.75, 3.05) is 7.11 Å². The number of rotatable bonds is 4. The van der Waals surface area contributed by atoms with Crippen molar-refractivity contribution in [3.63, 3.8) is 0 Å². The van der Waals surface area contributed by atoms with E-state index in [2.05, 4.69) is 11.1 Å². The summed E-state index contributed by atoms with van der Waals surface area (Å²) in [6.07, 6.45) is 1.86.